The summed E-state index contributed by atoms with van der Waals surface area (Å²) in [6.45, 7) is 1.06. The van der Waals surface area contributed by atoms with E-state index < -0.39 is 12.0 Å². The van der Waals surface area contributed by atoms with Gasteiger partial charge in [0.05, 0.1) is 0 Å². The van der Waals surface area contributed by atoms with Gasteiger partial charge in [0.25, 0.3) is 0 Å². The van der Waals surface area contributed by atoms with E-state index in [0.29, 0.717) is 12.5 Å². The van der Waals surface area contributed by atoms with Crippen LogP contribution in [0.15, 0.2) is 0 Å². The van der Waals surface area contributed by atoms with Gasteiger partial charge >= 0.3 is 5.97 Å². The number of nitrogens with two attached hydrogens (primary N) is 1. The molecule has 0 aliphatic carbocycles. The number of hydrogen-bond donors (Lipinski definition) is 3. The zero-order valence-corrected chi connectivity index (χ0v) is 7.12. The summed E-state index contributed by atoms with van der Waals surface area (Å²) >= 11 is 0. The third kappa shape index (κ3) is 2.79. The van der Waals surface area contributed by atoms with E-state index in [-0.39, 0.29) is 0 Å². The molecule has 1 saturated heterocycles. The van der Waals surface area contributed by atoms with Crippen molar-refractivity contribution in [1.82, 2.24) is 5.32 Å². The molecule has 12 heavy (non-hydrogen) atoms. The van der Waals surface area contributed by atoms with Crippen LogP contribution in [0, 0.1) is 0 Å². The Morgan fingerprint density at radius 1 is 1.75 bits per heavy atom. The number of hydrogen-bond acceptors (Lipinski definition) is 3. The lowest BCUT2D eigenvalue weighted by molar-refractivity contribution is -0.138. The smallest absolute Gasteiger partial charge is 0.320 e. The Morgan fingerprint density at radius 3 is 3.00 bits per heavy atom. The van der Waals surface area contributed by atoms with Gasteiger partial charge < -0.3 is 16.2 Å². The molecule has 0 saturated carbocycles. The fourth-order valence-corrected chi connectivity index (χ4v) is 1.51. The third-order valence-electron chi connectivity index (χ3n) is 2.31. The second-order valence-corrected chi connectivity index (χ2v) is 3.32. The zero-order valence-electron chi connectivity index (χ0n) is 7.12. The van der Waals surface area contributed by atoms with Gasteiger partial charge in [-0.05, 0) is 32.2 Å². The first-order chi connectivity index (χ1) is 5.70. The molecule has 1 heterocycles. The quantitative estimate of drug-likeness (QED) is 0.555. The van der Waals surface area contributed by atoms with Crippen molar-refractivity contribution in [3.05, 3.63) is 0 Å². The molecule has 0 aromatic heterocycles. The van der Waals surface area contributed by atoms with Crippen LogP contribution in [-0.2, 0) is 4.79 Å². The van der Waals surface area contributed by atoms with E-state index in [1.165, 1.54) is 6.42 Å². The minimum atomic E-state index is -0.895. The molecule has 4 nitrogen and oxygen atoms in total. The molecule has 2 atom stereocenters. The predicted octanol–water partition coefficient (Wildman–Crippen LogP) is -0.0695. The molecule has 0 spiro atoms. The number of aliphatic carboxylic acids is 1. The molecule has 0 aromatic carbocycles. The minimum Gasteiger partial charge on any atom is -0.480 e. The van der Waals surface area contributed by atoms with Crippen LogP contribution in [0.1, 0.15) is 25.7 Å². The number of carbonyl (C=O) groups is 1. The molecular formula is C8H16N2O2. The zero-order chi connectivity index (χ0) is 8.97. The second kappa shape index (κ2) is 4.42. The summed E-state index contributed by atoms with van der Waals surface area (Å²) in [5.41, 5.74) is 5.37. The molecule has 0 amide bonds. The van der Waals surface area contributed by atoms with Gasteiger partial charge in [0.15, 0.2) is 0 Å². The first-order valence-corrected chi connectivity index (χ1v) is 4.42. The summed E-state index contributed by atoms with van der Waals surface area (Å²) < 4.78 is 0. The number of nitrogens with one attached hydrogen (secondary N) is 1. The van der Waals surface area contributed by atoms with Gasteiger partial charge in [-0.25, -0.2) is 0 Å². The third-order valence-corrected chi connectivity index (χ3v) is 2.31. The summed E-state index contributed by atoms with van der Waals surface area (Å²) in [5, 5.41) is 11.8. The van der Waals surface area contributed by atoms with Crippen LogP contribution in [0.4, 0.5) is 0 Å². The highest BCUT2D eigenvalue weighted by molar-refractivity contribution is 5.72. The van der Waals surface area contributed by atoms with Crippen molar-refractivity contribution in [3.8, 4) is 0 Å². The maximum atomic E-state index is 10.4. The average Bonchev–Trinajstić information content (AvgIpc) is 2.51. The Labute approximate surface area is 72.1 Å². The van der Waals surface area contributed by atoms with Crippen LogP contribution < -0.4 is 11.1 Å². The maximum absolute atomic E-state index is 10.4. The van der Waals surface area contributed by atoms with E-state index in [0.717, 1.165) is 19.4 Å². The number of carboxylic acids is 1. The summed E-state index contributed by atoms with van der Waals surface area (Å²) in [4.78, 5) is 10.4. The van der Waals surface area contributed by atoms with Crippen molar-refractivity contribution in [2.75, 3.05) is 6.54 Å². The highest BCUT2D eigenvalue weighted by Gasteiger charge is 2.17. The van der Waals surface area contributed by atoms with Crippen LogP contribution in [0.25, 0.3) is 0 Å². The summed E-state index contributed by atoms with van der Waals surface area (Å²) in [7, 11) is 0. The number of rotatable bonds is 4. The first-order valence-electron chi connectivity index (χ1n) is 4.42. The van der Waals surface area contributed by atoms with Gasteiger partial charge in [0.2, 0.25) is 0 Å². The Kier molecular flexibility index (Phi) is 3.49. The van der Waals surface area contributed by atoms with Crippen LogP contribution in [0.5, 0.6) is 0 Å². The molecular weight excluding hydrogens is 156 g/mol. The average molecular weight is 172 g/mol. The summed E-state index contributed by atoms with van der Waals surface area (Å²) in [6.07, 6.45) is 3.82. The van der Waals surface area contributed by atoms with Crippen LogP contribution in [0.2, 0.25) is 0 Å². The predicted molar refractivity (Wildman–Crippen MR) is 45.9 cm³/mol. The lowest BCUT2D eigenvalue weighted by atomic mass is 10.1. The Morgan fingerprint density at radius 2 is 2.50 bits per heavy atom. The molecule has 0 bridgehead atoms. The fourth-order valence-electron chi connectivity index (χ4n) is 1.51. The number of carboxylic acid groups (broad SMARTS) is 1. The topological polar surface area (TPSA) is 75.3 Å². The molecule has 4 heteroatoms. The maximum Gasteiger partial charge on any atom is 0.320 e. The summed E-state index contributed by atoms with van der Waals surface area (Å²) in [5.74, 6) is -0.895. The summed E-state index contributed by atoms with van der Waals surface area (Å²) in [6, 6.07) is -0.192. The lowest BCUT2D eigenvalue weighted by Crippen LogP contribution is -2.32. The van der Waals surface area contributed by atoms with E-state index in [1.807, 2.05) is 0 Å². The monoisotopic (exact) mass is 172 g/mol. The molecule has 1 aliphatic rings. The van der Waals surface area contributed by atoms with Crippen molar-refractivity contribution in [2.45, 2.75) is 37.8 Å². The van der Waals surface area contributed by atoms with Crippen molar-refractivity contribution < 1.29 is 9.90 Å². The van der Waals surface area contributed by atoms with Gasteiger partial charge in [0.1, 0.15) is 6.04 Å². The Balaban J connectivity index is 2.11. The molecule has 0 aromatic rings. The van der Waals surface area contributed by atoms with E-state index in [9.17, 15) is 4.79 Å². The first kappa shape index (κ1) is 9.48. The molecule has 4 N–H and O–H groups in total. The van der Waals surface area contributed by atoms with Crippen molar-refractivity contribution in [3.63, 3.8) is 0 Å². The highest BCUT2D eigenvalue weighted by atomic mass is 16.4. The van der Waals surface area contributed by atoms with Crippen LogP contribution in [-0.4, -0.2) is 29.7 Å². The molecule has 1 rings (SSSR count). The van der Waals surface area contributed by atoms with Crippen molar-refractivity contribution >= 4 is 5.97 Å². The van der Waals surface area contributed by atoms with E-state index in [2.05, 4.69) is 5.32 Å². The van der Waals surface area contributed by atoms with Crippen molar-refractivity contribution in [2.24, 2.45) is 5.73 Å². The van der Waals surface area contributed by atoms with E-state index in [4.69, 9.17) is 10.8 Å². The van der Waals surface area contributed by atoms with Gasteiger partial charge in [-0.2, -0.15) is 0 Å². The highest BCUT2D eigenvalue weighted by Crippen LogP contribution is 2.11. The lowest BCUT2D eigenvalue weighted by Gasteiger charge is -2.11. The molecule has 1 fully saturated rings. The molecule has 0 radical (unpaired) electrons. The Hall–Kier alpha value is -0.610. The fraction of sp³-hybridized carbons (Fsp3) is 0.875. The normalized spacial score (nSPS) is 25.6. The minimum absolute atomic E-state index is 0.496. The van der Waals surface area contributed by atoms with Crippen LogP contribution >= 0.6 is 0 Å². The van der Waals surface area contributed by atoms with Gasteiger partial charge in [0, 0.05) is 6.04 Å². The van der Waals surface area contributed by atoms with E-state index >= 15 is 0 Å². The molecule has 2 unspecified atom stereocenters. The molecule has 1 aliphatic heterocycles. The van der Waals surface area contributed by atoms with Gasteiger partial charge in [-0.3, -0.25) is 4.79 Å². The van der Waals surface area contributed by atoms with E-state index in [1.54, 1.807) is 0 Å². The van der Waals surface area contributed by atoms with Crippen LogP contribution in [0.3, 0.4) is 0 Å². The van der Waals surface area contributed by atoms with Crippen molar-refractivity contribution in [1.29, 1.82) is 0 Å². The SMILES string of the molecule is NC(CCC1CCCN1)C(=O)O. The Bertz CT molecular complexity index is 155. The standard InChI is InChI=1S/C8H16N2O2/c9-7(8(11)12)4-3-6-2-1-5-10-6/h6-7,10H,1-5,9H2,(H,11,12). The molecule has 70 valence electrons. The second-order valence-electron chi connectivity index (χ2n) is 3.32. The van der Waals surface area contributed by atoms with Gasteiger partial charge in [-0.1, -0.05) is 0 Å². The largest absolute Gasteiger partial charge is 0.480 e. The van der Waals surface area contributed by atoms with Gasteiger partial charge in [-0.15, -0.1) is 0 Å².